The first-order valence-electron chi connectivity index (χ1n) is 3.69. The molecule has 0 atom stereocenters. The number of benzene rings is 1. The van der Waals surface area contributed by atoms with Gasteiger partial charge in [-0.25, -0.2) is 4.79 Å². The van der Waals surface area contributed by atoms with E-state index in [-0.39, 0.29) is 5.88 Å². The van der Waals surface area contributed by atoms with E-state index in [0.717, 1.165) is 4.47 Å². The topological polar surface area (TPSA) is 78.4 Å². The van der Waals surface area contributed by atoms with Crippen molar-refractivity contribution in [3.05, 3.63) is 22.7 Å². The van der Waals surface area contributed by atoms with Gasteiger partial charge in [0.2, 0.25) is 0 Å². The molecule has 0 aliphatic rings. The number of halogens is 1. The number of hydrogen-bond donors (Lipinski definition) is 1. The number of carbonyl (C=O) groups excluding carboxylic acids is 1. The molecule has 1 heterocycles. The summed E-state index contributed by atoms with van der Waals surface area (Å²) in [5, 5.41) is 4.16. The van der Waals surface area contributed by atoms with Crippen LogP contribution in [0.15, 0.2) is 27.2 Å². The minimum atomic E-state index is -0.917. The first-order valence-corrected chi connectivity index (χ1v) is 4.49. The van der Waals surface area contributed by atoms with Gasteiger partial charge in [-0.15, -0.1) is 0 Å². The van der Waals surface area contributed by atoms with Crippen LogP contribution in [0.4, 0.5) is 4.79 Å². The molecule has 72 valence electrons. The summed E-state index contributed by atoms with van der Waals surface area (Å²) < 4.78 is 10.3. The molecule has 1 amide bonds. The van der Waals surface area contributed by atoms with Gasteiger partial charge in [-0.05, 0) is 33.2 Å². The smallest absolute Gasteiger partial charge is 0.387 e. The lowest BCUT2D eigenvalue weighted by molar-refractivity contribution is 0.207. The van der Waals surface area contributed by atoms with Crippen molar-refractivity contribution in [1.82, 2.24) is 5.16 Å². The van der Waals surface area contributed by atoms with Gasteiger partial charge in [-0.2, -0.15) is 0 Å². The maximum Gasteiger partial charge on any atom is 0.411 e. The molecule has 1 aromatic heterocycles. The number of nitrogens with zero attached hydrogens (tertiary/aromatic N) is 1. The van der Waals surface area contributed by atoms with E-state index in [2.05, 4.69) is 25.8 Å². The van der Waals surface area contributed by atoms with Crippen molar-refractivity contribution in [2.45, 2.75) is 0 Å². The molecule has 0 unspecified atom stereocenters. The molecule has 0 fully saturated rings. The Kier molecular flexibility index (Phi) is 2.12. The summed E-state index contributed by atoms with van der Waals surface area (Å²) >= 11 is 3.27. The van der Waals surface area contributed by atoms with E-state index in [4.69, 9.17) is 10.3 Å². The molecule has 0 aliphatic carbocycles. The summed E-state index contributed by atoms with van der Waals surface area (Å²) in [5.41, 5.74) is 5.38. The highest BCUT2D eigenvalue weighted by Gasteiger charge is 2.13. The van der Waals surface area contributed by atoms with E-state index in [1.165, 1.54) is 0 Å². The number of carbonyl (C=O) groups is 1. The van der Waals surface area contributed by atoms with Crippen LogP contribution >= 0.6 is 15.9 Å². The number of fused-ring (bicyclic) bond motifs is 1. The van der Waals surface area contributed by atoms with Crippen LogP contribution in [0.25, 0.3) is 11.0 Å². The van der Waals surface area contributed by atoms with Gasteiger partial charge in [0.25, 0.3) is 5.88 Å². The van der Waals surface area contributed by atoms with Crippen LogP contribution in [0.5, 0.6) is 5.88 Å². The van der Waals surface area contributed by atoms with Gasteiger partial charge in [0.15, 0.2) is 5.58 Å². The number of para-hydroxylation sites is 1. The van der Waals surface area contributed by atoms with E-state index in [9.17, 15) is 4.79 Å². The molecular formula is C8H5BrN2O3. The zero-order valence-electron chi connectivity index (χ0n) is 6.86. The highest BCUT2D eigenvalue weighted by atomic mass is 79.9. The summed E-state index contributed by atoms with van der Waals surface area (Å²) in [5.74, 6) is 0.0776. The summed E-state index contributed by atoms with van der Waals surface area (Å²) in [6.07, 6.45) is -0.917. The molecule has 0 spiro atoms. The zero-order chi connectivity index (χ0) is 10.1. The summed E-state index contributed by atoms with van der Waals surface area (Å²) in [6.45, 7) is 0. The molecule has 0 radical (unpaired) electrons. The third kappa shape index (κ3) is 1.44. The van der Waals surface area contributed by atoms with Crippen LogP contribution in [-0.2, 0) is 0 Å². The van der Waals surface area contributed by atoms with Gasteiger partial charge in [0.05, 0.1) is 9.86 Å². The Morgan fingerprint density at radius 3 is 3.07 bits per heavy atom. The van der Waals surface area contributed by atoms with E-state index >= 15 is 0 Å². The molecule has 0 aliphatic heterocycles. The SMILES string of the molecule is NC(=O)Oc1noc2c(Br)cccc12. The molecular weight excluding hydrogens is 252 g/mol. The average Bonchev–Trinajstić information content (AvgIpc) is 2.49. The van der Waals surface area contributed by atoms with Crippen LogP contribution in [0, 0.1) is 0 Å². The second kappa shape index (κ2) is 3.30. The fraction of sp³-hybridized carbons (Fsp3) is 0. The number of nitrogens with two attached hydrogens (primary N) is 1. The number of ether oxygens (including phenoxy) is 1. The standard InChI is InChI=1S/C8H5BrN2O3/c9-5-3-1-2-4-6(5)14-11-7(4)13-8(10)12/h1-3H,(H2,10,12). The second-order valence-electron chi connectivity index (χ2n) is 2.53. The van der Waals surface area contributed by atoms with E-state index in [0.29, 0.717) is 11.0 Å². The second-order valence-corrected chi connectivity index (χ2v) is 3.38. The molecule has 5 nitrogen and oxygen atoms in total. The first-order chi connectivity index (χ1) is 6.68. The van der Waals surface area contributed by atoms with E-state index in [1.807, 2.05) is 0 Å². The normalized spacial score (nSPS) is 10.4. The molecule has 2 N–H and O–H groups in total. The largest absolute Gasteiger partial charge is 0.411 e. The Hall–Kier alpha value is -1.56. The number of primary amides is 1. The highest BCUT2D eigenvalue weighted by Crippen LogP contribution is 2.30. The highest BCUT2D eigenvalue weighted by molar-refractivity contribution is 9.10. The van der Waals surface area contributed by atoms with Gasteiger partial charge < -0.3 is 15.0 Å². The van der Waals surface area contributed by atoms with Crippen molar-refractivity contribution < 1.29 is 14.1 Å². The summed E-state index contributed by atoms with van der Waals surface area (Å²) in [7, 11) is 0. The minimum absolute atomic E-state index is 0.0776. The van der Waals surface area contributed by atoms with Gasteiger partial charge in [0.1, 0.15) is 0 Å². The van der Waals surface area contributed by atoms with Crippen molar-refractivity contribution in [3.8, 4) is 5.88 Å². The zero-order valence-corrected chi connectivity index (χ0v) is 8.45. The number of amides is 1. The van der Waals surface area contributed by atoms with Crippen molar-refractivity contribution in [3.63, 3.8) is 0 Å². The van der Waals surface area contributed by atoms with Crippen molar-refractivity contribution in [2.75, 3.05) is 0 Å². The Morgan fingerprint density at radius 2 is 2.36 bits per heavy atom. The van der Waals surface area contributed by atoms with Gasteiger partial charge in [-0.1, -0.05) is 6.07 Å². The summed E-state index contributed by atoms with van der Waals surface area (Å²) in [4.78, 5) is 10.5. The van der Waals surface area contributed by atoms with Crippen LogP contribution < -0.4 is 10.5 Å². The Labute approximate surface area is 86.9 Å². The fourth-order valence-corrected chi connectivity index (χ4v) is 1.51. The lowest BCUT2D eigenvalue weighted by Crippen LogP contribution is -2.16. The van der Waals surface area contributed by atoms with Crippen LogP contribution in [0.3, 0.4) is 0 Å². The Morgan fingerprint density at radius 1 is 1.57 bits per heavy atom. The van der Waals surface area contributed by atoms with Crippen LogP contribution in [-0.4, -0.2) is 11.2 Å². The quantitative estimate of drug-likeness (QED) is 0.847. The average molecular weight is 257 g/mol. The molecule has 2 aromatic rings. The van der Waals surface area contributed by atoms with Crippen LogP contribution in [0.1, 0.15) is 0 Å². The maximum absolute atomic E-state index is 10.5. The first kappa shape index (κ1) is 9.01. The predicted molar refractivity (Wildman–Crippen MR) is 51.9 cm³/mol. The van der Waals surface area contributed by atoms with E-state index in [1.54, 1.807) is 18.2 Å². The fourth-order valence-electron chi connectivity index (χ4n) is 1.08. The number of aromatic nitrogens is 1. The Bertz CT molecular complexity index is 494. The van der Waals surface area contributed by atoms with Crippen molar-refractivity contribution >= 4 is 33.0 Å². The van der Waals surface area contributed by atoms with Gasteiger partial charge >= 0.3 is 6.09 Å². The summed E-state index contributed by atoms with van der Waals surface area (Å²) in [6, 6.07) is 5.29. The van der Waals surface area contributed by atoms with Crippen molar-refractivity contribution in [2.24, 2.45) is 5.73 Å². The molecule has 2 rings (SSSR count). The van der Waals surface area contributed by atoms with Gasteiger partial charge in [-0.3, -0.25) is 0 Å². The molecule has 0 saturated heterocycles. The third-order valence-corrected chi connectivity index (χ3v) is 2.24. The monoisotopic (exact) mass is 256 g/mol. The van der Waals surface area contributed by atoms with Crippen molar-refractivity contribution in [1.29, 1.82) is 0 Å². The molecule has 0 bridgehead atoms. The molecule has 0 saturated carbocycles. The van der Waals surface area contributed by atoms with Gasteiger partial charge in [0, 0.05) is 0 Å². The van der Waals surface area contributed by atoms with E-state index < -0.39 is 6.09 Å². The molecule has 1 aromatic carbocycles. The lowest BCUT2D eigenvalue weighted by atomic mass is 10.3. The number of hydrogen-bond acceptors (Lipinski definition) is 4. The minimum Gasteiger partial charge on any atom is -0.387 e. The predicted octanol–water partition coefficient (Wildman–Crippen LogP) is 2.05. The lowest BCUT2D eigenvalue weighted by Gasteiger charge is -1.93. The molecule has 14 heavy (non-hydrogen) atoms. The molecule has 6 heteroatoms. The number of rotatable bonds is 1. The van der Waals surface area contributed by atoms with Crippen LogP contribution in [0.2, 0.25) is 0 Å². The third-order valence-electron chi connectivity index (χ3n) is 1.61. The maximum atomic E-state index is 10.5. The Balaban J connectivity index is 2.58.